The molecule has 0 fully saturated rings. The average Bonchev–Trinajstić information content (AvgIpc) is 1.59. The molecule has 0 amide bonds. The molecular formula is C103H74Ir2N5PS-2. The Hall–Kier alpha value is -12.4. The van der Waals surface area contributed by atoms with Gasteiger partial charge in [0.25, 0.3) is 0 Å². The number of nitrogens with one attached hydrogen (secondary N) is 1. The van der Waals surface area contributed by atoms with Crippen LogP contribution in [0, 0.1) is 24.2 Å². The number of aryl methyl sites for hydroxylation is 1. The molecule has 2 radical (unpaired) electrons. The summed E-state index contributed by atoms with van der Waals surface area (Å²) in [4.78, 5) is 13.2. The second-order valence-corrected chi connectivity index (χ2v) is 27.6. The Kier molecular flexibility index (Phi) is 24.4. The third-order valence-corrected chi connectivity index (χ3v) is 21.1. The van der Waals surface area contributed by atoms with Gasteiger partial charge in [0, 0.05) is 106 Å². The van der Waals surface area contributed by atoms with Gasteiger partial charge in [-0.2, -0.15) is 0 Å². The summed E-state index contributed by atoms with van der Waals surface area (Å²) >= 11 is 1.89. The number of hydrogen-bond acceptors (Lipinski definition) is 6. The summed E-state index contributed by atoms with van der Waals surface area (Å²) in [7, 11) is 2.48. The zero-order chi connectivity index (χ0) is 75.1. The number of fused-ring (bicyclic) bond motifs is 11. The van der Waals surface area contributed by atoms with E-state index in [1.54, 1.807) is 6.20 Å². The van der Waals surface area contributed by atoms with Crippen molar-refractivity contribution in [3.05, 3.63) is 437 Å². The van der Waals surface area contributed by atoms with E-state index >= 15 is 0 Å². The molecular weight excluding hydrogens is 1750 g/mol. The molecule has 3 heterocycles. The van der Waals surface area contributed by atoms with Gasteiger partial charge in [-0.1, -0.05) is 272 Å². The van der Waals surface area contributed by atoms with Gasteiger partial charge in [-0.15, -0.1) is 83.1 Å². The summed E-state index contributed by atoms with van der Waals surface area (Å²) in [6, 6.07) is 150. The van der Waals surface area contributed by atoms with Crippen molar-refractivity contribution in [1.82, 2.24) is 9.97 Å². The molecule has 17 aromatic carbocycles. The molecule has 20 rings (SSSR count). The Bertz CT molecular complexity index is 6330. The molecule has 0 unspecified atom stereocenters. The Labute approximate surface area is 688 Å². The SMILES string of the molecule is Cc1cccnc1-c1[c-]cccc1.[2H]N=P.[Ir].[Ir].[c-]1ccccc1-c1ccccn1.c1cc(-c2ccc3c4ccccc4c4ccccc4c3c2)cc(-c2cccc3c2sc2ccccc23)c1.c1ccc(N(c2ccc(-c3ccc(N(c4ccccc4)c4cccc5ccccc45)cc3)cc2)c2cccc3ccccc23)cc1. The summed E-state index contributed by atoms with van der Waals surface area (Å²) in [5.74, 6) is 0. The van der Waals surface area contributed by atoms with Crippen LogP contribution in [0.5, 0.6) is 0 Å². The average molecular weight is 1830 g/mol. The fourth-order valence-electron chi connectivity index (χ4n) is 14.7. The van der Waals surface area contributed by atoms with Crippen molar-refractivity contribution in [3.63, 3.8) is 0 Å². The zero-order valence-electron chi connectivity index (χ0n) is 62.1. The van der Waals surface area contributed by atoms with E-state index in [0.29, 0.717) is 0 Å². The van der Waals surface area contributed by atoms with E-state index in [-0.39, 0.29) is 40.2 Å². The maximum absolute atomic E-state index is 5.75. The number of thiophene rings is 1. The first kappa shape index (κ1) is 75.0. The fraction of sp³-hybridized carbons (Fsp3) is 0.00971. The Morgan fingerprint density at radius 2 is 0.741 bits per heavy atom. The molecule has 9 heteroatoms. The number of nitrogens with zero attached hydrogens (tertiary/aromatic N) is 4. The third-order valence-electron chi connectivity index (χ3n) is 19.9. The van der Waals surface area contributed by atoms with Crippen LogP contribution in [0.3, 0.4) is 0 Å². The summed E-state index contributed by atoms with van der Waals surface area (Å²) in [5.41, 5.74) is 19.5. The van der Waals surface area contributed by atoms with Crippen LogP contribution in [0.2, 0.25) is 1.41 Å². The van der Waals surface area contributed by atoms with E-state index in [4.69, 9.17) is 1.41 Å². The molecule has 0 bridgehead atoms. The van der Waals surface area contributed by atoms with E-state index in [1.807, 2.05) is 90.3 Å². The van der Waals surface area contributed by atoms with Crippen molar-refractivity contribution in [2.75, 3.05) is 9.80 Å². The fourth-order valence-corrected chi connectivity index (χ4v) is 16.0. The Morgan fingerprint density at radius 3 is 1.29 bits per heavy atom. The number of rotatable bonds is 11. The largest absolute Gasteiger partial charge is 0.310 e. The first-order chi connectivity index (χ1) is 54.9. The normalized spacial score (nSPS) is 10.7. The molecule has 0 saturated heterocycles. The van der Waals surface area contributed by atoms with Crippen LogP contribution in [0.15, 0.2) is 419 Å². The topological polar surface area (TPSA) is 56.1 Å². The van der Waals surface area contributed by atoms with Gasteiger partial charge in [0.15, 0.2) is 1.41 Å². The molecule has 0 aliphatic rings. The number of aromatic nitrogens is 2. The van der Waals surface area contributed by atoms with Gasteiger partial charge < -0.3 is 19.8 Å². The van der Waals surface area contributed by atoms with Crippen LogP contribution in [-0.2, 0) is 40.2 Å². The summed E-state index contributed by atoms with van der Waals surface area (Å²) in [6.07, 6.45) is 3.60. The van der Waals surface area contributed by atoms with Crippen LogP contribution < -0.4 is 9.80 Å². The van der Waals surface area contributed by atoms with Crippen molar-refractivity contribution >= 4 is 129 Å². The molecule has 0 aliphatic heterocycles. The van der Waals surface area contributed by atoms with Gasteiger partial charge >= 0.3 is 0 Å². The van der Waals surface area contributed by atoms with Crippen molar-refractivity contribution in [3.8, 4) is 55.9 Å². The Balaban J connectivity index is 0.000000139. The maximum atomic E-state index is 5.75. The number of benzene rings is 17. The maximum Gasteiger partial charge on any atom is 0.192 e. The van der Waals surface area contributed by atoms with Crippen molar-refractivity contribution in [1.29, 1.82) is 5.15 Å². The number of para-hydroxylation sites is 2. The van der Waals surface area contributed by atoms with E-state index < -0.39 is 0 Å². The monoisotopic (exact) mass is 1830 g/mol. The minimum absolute atomic E-state index is 0. The third kappa shape index (κ3) is 16.5. The molecule has 3 aromatic heterocycles. The van der Waals surface area contributed by atoms with Crippen LogP contribution in [0.4, 0.5) is 34.1 Å². The van der Waals surface area contributed by atoms with Gasteiger partial charge in [0.05, 0.1) is 11.4 Å². The van der Waals surface area contributed by atoms with Crippen molar-refractivity contribution < 1.29 is 41.6 Å². The number of hydrogen-bond donors (Lipinski definition) is 1. The summed E-state index contributed by atoms with van der Waals surface area (Å²) in [6.45, 7) is 2.06. The predicted octanol–water partition coefficient (Wildman–Crippen LogP) is 29.7. The second kappa shape index (κ2) is 36.4. The van der Waals surface area contributed by atoms with Gasteiger partial charge in [-0.05, 0) is 195 Å². The zero-order valence-corrected chi connectivity index (χ0v) is 67.8. The summed E-state index contributed by atoms with van der Waals surface area (Å²) in [5, 5.41) is 18.0. The van der Waals surface area contributed by atoms with Crippen molar-refractivity contribution in [2.24, 2.45) is 0 Å². The first-order valence-corrected chi connectivity index (χ1v) is 38.0. The van der Waals surface area contributed by atoms with Crippen LogP contribution in [0.1, 0.15) is 5.56 Å². The molecule has 1 N–H and O–H groups in total. The van der Waals surface area contributed by atoms with E-state index in [0.717, 1.165) is 56.6 Å². The molecule has 0 saturated carbocycles. The summed E-state index contributed by atoms with van der Waals surface area (Å²) < 4.78 is 8.45. The molecule has 20 aromatic rings. The molecule has 5 nitrogen and oxygen atoms in total. The first-order valence-electron chi connectivity index (χ1n) is 37.2. The molecule has 542 valence electrons. The van der Waals surface area contributed by atoms with Crippen LogP contribution >= 0.6 is 20.4 Å². The van der Waals surface area contributed by atoms with Gasteiger partial charge in [-0.3, -0.25) is 5.15 Å². The molecule has 0 atom stereocenters. The van der Waals surface area contributed by atoms with Crippen molar-refractivity contribution in [2.45, 2.75) is 6.92 Å². The standard InChI is InChI=1S/C44H32N2.C36H22S.C12H10N.C11H8N.2Ir.H2NP/c1-3-17-37(18-4-1)45(43-23-11-15-35-13-7-9-21-41(35)43)39-29-25-33(26-30-39)34-27-31-40(32-28-34)46(38-19-5-2-6-20-38)44-24-12-16-36-14-8-10-22-42(36)44;1-2-13-29-27(11-1)28-12-3-4-14-30(28)34-22-24(19-20-31(29)34)23-9-7-10-25(21-23)26-16-8-17-33-32-15-5-6-18-35(32)37-36(26)33;1-10-6-5-9-13-12(10)11-7-3-2-4-8-11;1-2-6-10(7-3-1)11-8-4-5-9-12-11;;;1-2/h1-32H;1-22H;2-7,9H,1H3;1-6,8-9H;;;1-2H/q;;2*-1;;;/i/hD. The smallest absolute Gasteiger partial charge is 0.192 e. The van der Waals surface area contributed by atoms with Crippen LogP contribution in [0.25, 0.3) is 130 Å². The molecule has 112 heavy (non-hydrogen) atoms. The number of pyridine rings is 2. The quantitative estimate of drug-likeness (QED) is 0.0797. The predicted molar refractivity (Wildman–Crippen MR) is 472 cm³/mol. The Morgan fingerprint density at radius 1 is 0.321 bits per heavy atom. The molecule has 0 aliphatic carbocycles. The van der Waals surface area contributed by atoms with E-state index in [9.17, 15) is 0 Å². The van der Waals surface area contributed by atoms with E-state index in [2.05, 4.69) is 387 Å². The van der Waals surface area contributed by atoms with E-state index in [1.165, 1.54) is 113 Å². The molecule has 0 spiro atoms. The second-order valence-electron chi connectivity index (χ2n) is 26.6. The number of anilines is 6. The minimum atomic E-state index is 0. The van der Waals surface area contributed by atoms with Gasteiger partial charge in [-0.25, -0.2) is 0 Å². The van der Waals surface area contributed by atoms with Gasteiger partial charge in [0.2, 0.25) is 0 Å². The minimum Gasteiger partial charge on any atom is -0.310 e. The van der Waals surface area contributed by atoms with Crippen LogP contribution in [-0.4, -0.2) is 9.97 Å². The van der Waals surface area contributed by atoms with Gasteiger partial charge in [0.1, 0.15) is 0 Å².